The van der Waals surface area contributed by atoms with Gasteiger partial charge in [-0.25, -0.2) is 4.68 Å². The highest BCUT2D eigenvalue weighted by molar-refractivity contribution is 6.32. The van der Waals surface area contributed by atoms with Crippen molar-refractivity contribution >= 4 is 17.3 Å². The maximum atomic E-state index is 6.18. The summed E-state index contributed by atoms with van der Waals surface area (Å²) >= 11 is 6.18. The lowest BCUT2D eigenvalue weighted by Crippen LogP contribution is -1.96. The van der Waals surface area contributed by atoms with Crippen molar-refractivity contribution in [3.05, 3.63) is 65.9 Å². The summed E-state index contributed by atoms with van der Waals surface area (Å²) in [5, 5.41) is 4.93. The fourth-order valence-corrected chi connectivity index (χ4v) is 2.22. The quantitative estimate of drug-likeness (QED) is 0.720. The van der Waals surface area contributed by atoms with Gasteiger partial charge in [0.2, 0.25) is 0 Å². The van der Waals surface area contributed by atoms with Crippen molar-refractivity contribution in [3.63, 3.8) is 0 Å². The molecular formula is C15H12ClN3. The Morgan fingerprint density at radius 1 is 1.00 bits per heavy atom. The van der Waals surface area contributed by atoms with Crippen LogP contribution in [0.3, 0.4) is 0 Å². The maximum absolute atomic E-state index is 6.18. The van der Waals surface area contributed by atoms with Crippen molar-refractivity contribution in [1.82, 2.24) is 9.78 Å². The smallest absolute Gasteiger partial charge is 0.0833 e. The van der Waals surface area contributed by atoms with E-state index in [0.29, 0.717) is 10.7 Å². The summed E-state index contributed by atoms with van der Waals surface area (Å²) in [7, 11) is 0. The predicted molar refractivity (Wildman–Crippen MR) is 78.4 cm³/mol. The van der Waals surface area contributed by atoms with Crippen molar-refractivity contribution in [2.45, 2.75) is 0 Å². The second kappa shape index (κ2) is 4.78. The SMILES string of the molecule is Nc1ccc(-n2cc(-c3ccccc3)cn2)c(Cl)c1. The molecule has 0 fully saturated rings. The molecule has 3 aromatic rings. The van der Waals surface area contributed by atoms with Crippen LogP contribution in [0.25, 0.3) is 16.8 Å². The highest BCUT2D eigenvalue weighted by Gasteiger charge is 2.06. The van der Waals surface area contributed by atoms with Gasteiger partial charge in [-0.3, -0.25) is 0 Å². The lowest BCUT2D eigenvalue weighted by Gasteiger charge is -2.04. The molecular weight excluding hydrogens is 258 g/mol. The third-order valence-corrected chi connectivity index (χ3v) is 3.21. The Hall–Kier alpha value is -2.26. The predicted octanol–water partition coefficient (Wildman–Crippen LogP) is 3.77. The van der Waals surface area contributed by atoms with Gasteiger partial charge < -0.3 is 5.73 Å². The molecule has 0 aliphatic carbocycles. The van der Waals surface area contributed by atoms with Gasteiger partial charge in [0.05, 0.1) is 16.9 Å². The van der Waals surface area contributed by atoms with Crippen molar-refractivity contribution in [3.8, 4) is 16.8 Å². The maximum Gasteiger partial charge on any atom is 0.0833 e. The minimum Gasteiger partial charge on any atom is -0.399 e. The van der Waals surface area contributed by atoms with Gasteiger partial charge in [0.15, 0.2) is 0 Å². The van der Waals surface area contributed by atoms with Crippen LogP contribution in [0.5, 0.6) is 0 Å². The van der Waals surface area contributed by atoms with Crippen LogP contribution in [-0.4, -0.2) is 9.78 Å². The largest absolute Gasteiger partial charge is 0.399 e. The molecule has 0 spiro atoms. The van der Waals surface area contributed by atoms with E-state index in [-0.39, 0.29) is 0 Å². The third-order valence-electron chi connectivity index (χ3n) is 2.91. The number of rotatable bonds is 2. The van der Waals surface area contributed by atoms with Gasteiger partial charge >= 0.3 is 0 Å². The second-order valence-corrected chi connectivity index (χ2v) is 4.66. The first-order valence-corrected chi connectivity index (χ1v) is 6.27. The summed E-state index contributed by atoms with van der Waals surface area (Å²) in [4.78, 5) is 0. The van der Waals surface area contributed by atoms with E-state index in [2.05, 4.69) is 5.10 Å². The standard InChI is InChI=1S/C15H12ClN3/c16-14-8-13(17)6-7-15(14)19-10-12(9-18-19)11-4-2-1-3-5-11/h1-10H,17H2. The average molecular weight is 270 g/mol. The second-order valence-electron chi connectivity index (χ2n) is 4.25. The van der Waals surface area contributed by atoms with Crippen LogP contribution in [0.2, 0.25) is 5.02 Å². The molecule has 1 heterocycles. The minimum absolute atomic E-state index is 0.586. The molecule has 1 aromatic heterocycles. The van der Waals surface area contributed by atoms with Crippen LogP contribution in [0.15, 0.2) is 60.9 Å². The topological polar surface area (TPSA) is 43.8 Å². The Kier molecular flexibility index (Phi) is 2.97. The Bertz CT molecular complexity index is 704. The number of nitrogens with zero attached hydrogens (tertiary/aromatic N) is 2. The Balaban J connectivity index is 2.02. The van der Waals surface area contributed by atoms with E-state index in [9.17, 15) is 0 Å². The first-order valence-electron chi connectivity index (χ1n) is 5.89. The number of benzene rings is 2. The number of hydrogen-bond acceptors (Lipinski definition) is 2. The van der Waals surface area contributed by atoms with Gasteiger partial charge in [0.25, 0.3) is 0 Å². The molecule has 2 aromatic carbocycles. The van der Waals surface area contributed by atoms with E-state index in [1.807, 2.05) is 54.9 Å². The summed E-state index contributed by atoms with van der Waals surface area (Å²) in [6, 6.07) is 15.5. The normalized spacial score (nSPS) is 10.6. The summed E-state index contributed by atoms with van der Waals surface area (Å²) in [6.45, 7) is 0. The van der Waals surface area contributed by atoms with Gasteiger partial charge in [-0.15, -0.1) is 0 Å². The first kappa shape index (κ1) is 11.8. The van der Waals surface area contributed by atoms with E-state index in [0.717, 1.165) is 16.8 Å². The summed E-state index contributed by atoms with van der Waals surface area (Å²) in [5.74, 6) is 0. The molecule has 0 atom stereocenters. The Morgan fingerprint density at radius 2 is 1.79 bits per heavy atom. The van der Waals surface area contributed by atoms with Gasteiger partial charge in [0, 0.05) is 17.4 Å². The molecule has 0 radical (unpaired) electrons. The van der Waals surface area contributed by atoms with E-state index in [4.69, 9.17) is 17.3 Å². The first-order chi connectivity index (χ1) is 9.24. The third kappa shape index (κ3) is 2.33. The van der Waals surface area contributed by atoms with Gasteiger partial charge in [-0.2, -0.15) is 5.10 Å². The van der Waals surface area contributed by atoms with Crippen LogP contribution < -0.4 is 5.73 Å². The molecule has 0 bridgehead atoms. The molecule has 3 nitrogen and oxygen atoms in total. The van der Waals surface area contributed by atoms with Gasteiger partial charge in [-0.1, -0.05) is 41.9 Å². The number of nitrogens with two attached hydrogens (primary N) is 1. The van der Waals surface area contributed by atoms with Crippen LogP contribution in [-0.2, 0) is 0 Å². The van der Waals surface area contributed by atoms with Crippen molar-refractivity contribution in [2.75, 3.05) is 5.73 Å². The van der Waals surface area contributed by atoms with Crippen LogP contribution in [0.4, 0.5) is 5.69 Å². The molecule has 0 aliphatic heterocycles. The molecule has 0 unspecified atom stereocenters. The highest BCUT2D eigenvalue weighted by Crippen LogP contribution is 2.25. The van der Waals surface area contributed by atoms with Gasteiger partial charge in [-0.05, 0) is 23.8 Å². The lowest BCUT2D eigenvalue weighted by molar-refractivity contribution is 0.881. The molecule has 0 amide bonds. The monoisotopic (exact) mass is 269 g/mol. The molecule has 94 valence electrons. The van der Waals surface area contributed by atoms with Crippen LogP contribution >= 0.6 is 11.6 Å². The van der Waals surface area contributed by atoms with Crippen LogP contribution in [0.1, 0.15) is 0 Å². The zero-order chi connectivity index (χ0) is 13.2. The molecule has 0 aliphatic rings. The van der Waals surface area contributed by atoms with Crippen molar-refractivity contribution in [1.29, 1.82) is 0 Å². The summed E-state index contributed by atoms with van der Waals surface area (Å²) in [6.07, 6.45) is 3.77. The number of halogens is 1. The lowest BCUT2D eigenvalue weighted by atomic mass is 10.1. The van der Waals surface area contributed by atoms with E-state index >= 15 is 0 Å². The number of hydrogen-bond donors (Lipinski definition) is 1. The zero-order valence-corrected chi connectivity index (χ0v) is 10.9. The number of aromatic nitrogens is 2. The number of nitrogen functional groups attached to an aromatic ring is 1. The van der Waals surface area contributed by atoms with E-state index in [1.54, 1.807) is 10.7 Å². The molecule has 2 N–H and O–H groups in total. The van der Waals surface area contributed by atoms with Crippen molar-refractivity contribution < 1.29 is 0 Å². The zero-order valence-electron chi connectivity index (χ0n) is 10.1. The van der Waals surface area contributed by atoms with Crippen molar-refractivity contribution in [2.24, 2.45) is 0 Å². The summed E-state index contributed by atoms with van der Waals surface area (Å²) < 4.78 is 1.75. The van der Waals surface area contributed by atoms with E-state index < -0.39 is 0 Å². The van der Waals surface area contributed by atoms with Gasteiger partial charge in [0.1, 0.15) is 0 Å². The van der Waals surface area contributed by atoms with Crippen LogP contribution in [0, 0.1) is 0 Å². The minimum atomic E-state index is 0.586. The highest BCUT2D eigenvalue weighted by atomic mass is 35.5. The molecule has 0 saturated carbocycles. The van der Waals surface area contributed by atoms with E-state index in [1.165, 1.54) is 0 Å². The molecule has 0 saturated heterocycles. The molecule has 3 rings (SSSR count). The fraction of sp³-hybridized carbons (Fsp3) is 0. The Labute approximate surface area is 116 Å². The summed E-state index contributed by atoms with van der Waals surface area (Å²) in [5.41, 5.74) is 9.32. The molecule has 4 heteroatoms. The Morgan fingerprint density at radius 3 is 2.53 bits per heavy atom. The number of anilines is 1. The molecule has 19 heavy (non-hydrogen) atoms. The fourth-order valence-electron chi connectivity index (χ4n) is 1.94. The average Bonchev–Trinajstić information content (AvgIpc) is 2.89.